The Bertz CT molecular complexity index is 1520. The Kier molecular flexibility index (Phi) is 51.6. The number of aliphatic carboxylic acids is 1. The molecular formula is C64H110NO8+. The van der Waals surface area contributed by atoms with E-state index in [-0.39, 0.29) is 38.6 Å². The number of carboxylic acids is 1. The molecule has 0 aromatic rings. The second-order valence-electron chi connectivity index (χ2n) is 20.5. The van der Waals surface area contributed by atoms with Crippen LogP contribution in [0.1, 0.15) is 232 Å². The van der Waals surface area contributed by atoms with E-state index in [1.54, 1.807) is 0 Å². The summed E-state index contributed by atoms with van der Waals surface area (Å²) in [6.45, 7) is 4.62. The van der Waals surface area contributed by atoms with Gasteiger partial charge in [-0.1, -0.05) is 227 Å². The molecular weight excluding hydrogens is 911 g/mol. The van der Waals surface area contributed by atoms with Gasteiger partial charge in [0.05, 0.1) is 34.4 Å². The van der Waals surface area contributed by atoms with Crippen molar-refractivity contribution in [1.29, 1.82) is 0 Å². The van der Waals surface area contributed by atoms with E-state index in [0.29, 0.717) is 23.9 Å². The van der Waals surface area contributed by atoms with Crippen molar-refractivity contribution in [2.24, 2.45) is 0 Å². The Morgan fingerprint density at radius 3 is 1.10 bits per heavy atom. The highest BCUT2D eigenvalue weighted by Gasteiger charge is 2.25. The van der Waals surface area contributed by atoms with Gasteiger partial charge >= 0.3 is 17.9 Å². The Hall–Kier alpha value is -3.79. The van der Waals surface area contributed by atoms with Crippen molar-refractivity contribution in [2.45, 2.75) is 245 Å². The predicted molar refractivity (Wildman–Crippen MR) is 309 cm³/mol. The summed E-state index contributed by atoms with van der Waals surface area (Å²) in [4.78, 5) is 37.4. The van der Waals surface area contributed by atoms with Crippen LogP contribution in [0.2, 0.25) is 0 Å². The summed E-state index contributed by atoms with van der Waals surface area (Å²) in [6, 6.07) is 0. The maximum absolute atomic E-state index is 12.9. The third-order valence-corrected chi connectivity index (χ3v) is 12.3. The van der Waals surface area contributed by atoms with Crippen LogP contribution in [-0.4, -0.2) is 87.4 Å². The van der Waals surface area contributed by atoms with Crippen LogP contribution in [0.15, 0.2) is 97.2 Å². The summed E-state index contributed by atoms with van der Waals surface area (Å²) in [5, 5.41) is 9.70. The van der Waals surface area contributed by atoms with Crippen molar-refractivity contribution < 1.29 is 42.9 Å². The molecule has 9 nitrogen and oxygen atoms in total. The van der Waals surface area contributed by atoms with Crippen molar-refractivity contribution in [3.8, 4) is 0 Å². The fourth-order valence-corrected chi connectivity index (χ4v) is 7.88. The lowest BCUT2D eigenvalue weighted by Gasteiger charge is -2.25. The smallest absolute Gasteiger partial charge is 0.361 e. The van der Waals surface area contributed by atoms with Crippen LogP contribution < -0.4 is 0 Å². The average Bonchev–Trinajstić information content (AvgIpc) is 3.36. The van der Waals surface area contributed by atoms with Gasteiger partial charge in [-0.2, -0.15) is 0 Å². The minimum atomic E-state index is -1.52. The molecule has 0 aromatic heterocycles. The number of carbonyl (C=O) groups excluding carboxylic acids is 2. The standard InChI is InChI=1S/C64H109NO8/c1-6-8-10-12-14-16-18-20-22-24-25-26-27-28-29-30-31-32-33-34-35-36-37-39-41-43-45-47-49-51-53-55-62(67)73-60(59-72-64(63(68)69)70-57-56-65(3,4)5)58-71-61(66)54-52-50-48-46-44-42-40-38-23-21-19-17-15-13-11-9-7-2/h8-11,14-17,20-23,25-26,40,42,60,64H,6-7,12-13,18-19,24,27-39,41,43-59H2,1-5H3/p+1/b10-8-,11-9-,16-14-,17-15-,22-20-,23-21-,26-25-,42-40-. The van der Waals surface area contributed by atoms with E-state index in [9.17, 15) is 19.5 Å². The normalized spacial score (nSPS) is 13.5. The van der Waals surface area contributed by atoms with Crippen LogP contribution in [0.25, 0.3) is 0 Å². The third-order valence-electron chi connectivity index (χ3n) is 12.3. The van der Waals surface area contributed by atoms with E-state index in [0.717, 1.165) is 89.9 Å². The molecule has 0 amide bonds. The van der Waals surface area contributed by atoms with Crippen molar-refractivity contribution >= 4 is 17.9 Å². The number of allylic oxidation sites excluding steroid dienone is 16. The summed E-state index contributed by atoms with van der Waals surface area (Å²) in [7, 11) is 5.96. The zero-order valence-corrected chi connectivity index (χ0v) is 47.5. The van der Waals surface area contributed by atoms with Gasteiger partial charge in [0.2, 0.25) is 0 Å². The fourth-order valence-electron chi connectivity index (χ4n) is 7.88. The Morgan fingerprint density at radius 1 is 0.411 bits per heavy atom. The second-order valence-corrected chi connectivity index (χ2v) is 20.5. The van der Waals surface area contributed by atoms with Crippen molar-refractivity contribution in [1.82, 2.24) is 0 Å². The van der Waals surface area contributed by atoms with Crippen molar-refractivity contribution in [3.63, 3.8) is 0 Å². The molecule has 0 rings (SSSR count). The van der Waals surface area contributed by atoms with Gasteiger partial charge in [0.1, 0.15) is 13.2 Å². The minimum absolute atomic E-state index is 0.180. The topological polar surface area (TPSA) is 108 Å². The molecule has 418 valence electrons. The van der Waals surface area contributed by atoms with Gasteiger partial charge in [0.15, 0.2) is 6.10 Å². The van der Waals surface area contributed by atoms with Gasteiger partial charge in [-0.25, -0.2) is 4.79 Å². The number of quaternary nitrogens is 1. The number of hydrogen-bond donors (Lipinski definition) is 1. The molecule has 2 unspecified atom stereocenters. The molecule has 0 aromatic carbocycles. The first-order valence-corrected chi connectivity index (χ1v) is 29.4. The number of esters is 2. The highest BCUT2D eigenvalue weighted by Crippen LogP contribution is 2.16. The molecule has 0 saturated carbocycles. The number of carboxylic acid groups (broad SMARTS) is 1. The summed E-state index contributed by atoms with van der Waals surface area (Å²) in [5.41, 5.74) is 0. The molecule has 0 bridgehead atoms. The summed E-state index contributed by atoms with van der Waals surface area (Å²) < 4.78 is 22.8. The molecule has 9 heteroatoms. The number of rotatable bonds is 53. The lowest BCUT2D eigenvalue weighted by atomic mass is 10.0. The Labute approximate surface area is 448 Å². The van der Waals surface area contributed by atoms with Gasteiger partial charge in [0.25, 0.3) is 6.29 Å². The van der Waals surface area contributed by atoms with Crippen LogP contribution in [0.4, 0.5) is 0 Å². The molecule has 2 atom stereocenters. The van der Waals surface area contributed by atoms with Crippen LogP contribution >= 0.6 is 0 Å². The highest BCUT2D eigenvalue weighted by molar-refractivity contribution is 5.71. The average molecular weight is 1020 g/mol. The van der Waals surface area contributed by atoms with Crippen LogP contribution in [0.5, 0.6) is 0 Å². The van der Waals surface area contributed by atoms with E-state index in [1.807, 2.05) is 21.1 Å². The van der Waals surface area contributed by atoms with E-state index in [2.05, 4.69) is 111 Å². The number of likely N-dealkylation sites (N-methyl/N-ethyl adjacent to an activating group) is 1. The Morgan fingerprint density at radius 2 is 0.740 bits per heavy atom. The van der Waals surface area contributed by atoms with E-state index in [4.69, 9.17) is 18.9 Å². The molecule has 0 aliphatic heterocycles. The van der Waals surface area contributed by atoms with Crippen LogP contribution in [-0.2, 0) is 33.3 Å². The molecule has 0 heterocycles. The third kappa shape index (κ3) is 55.8. The van der Waals surface area contributed by atoms with Gasteiger partial charge in [-0.15, -0.1) is 0 Å². The molecule has 0 fully saturated rings. The SMILES string of the molecule is CC/C=C\C/C=C\C/C=C\C/C=C\CCCCCCCCCCCCCCCCCCCCC(=O)OC(COC(=O)CCCCCC/C=C\C/C=C\C/C=C\C/C=C\CC)COC(OCC[N+](C)(C)C)C(=O)O. The van der Waals surface area contributed by atoms with Gasteiger partial charge in [-0.05, 0) is 89.9 Å². The molecule has 1 N–H and O–H groups in total. The van der Waals surface area contributed by atoms with E-state index < -0.39 is 24.3 Å². The van der Waals surface area contributed by atoms with Gasteiger partial charge in [-0.3, -0.25) is 9.59 Å². The molecule has 0 saturated heterocycles. The van der Waals surface area contributed by atoms with Crippen LogP contribution in [0, 0.1) is 0 Å². The van der Waals surface area contributed by atoms with E-state index >= 15 is 0 Å². The predicted octanol–water partition coefficient (Wildman–Crippen LogP) is 17.3. The van der Waals surface area contributed by atoms with Gasteiger partial charge < -0.3 is 28.5 Å². The largest absolute Gasteiger partial charge is 0.477 e. The molecule has 0 spiro atoms. The lowest BCUT2D eigenvalue weighted by molar-refractivity contribution is -0.870. The van der Waals surface area contributed by atoms with Crippen molar-refractivity contribution in [2.75, 3.05) is 47.5 Å². The lowest BCUT2D eigenvalue weighted by Crippen LogP contribution is -2.40. The van der Waals surface area contributed by atoms with Crippen LogP contribution in [0.3, 0.4) is 0 Å². The number of hydrogen-bond acceptors (Lipinski definition) is 7. The number of carbonyl (C=O) groups is 3. The van der Waals surface area contributed by atoms with Crippen molar-refractivity contribution in [3.05, 3.63) is 97.2 Å². The summed E-state index contributed by atoms with van der Waals surface area (Å²) in [6.07, 6.45) is 70.7. The Balaban J connectivity index is 4.18. The first-order valence-electron chi connectivity index (χ1n) is 29.4. The molecule has 0 radical (unpaired) electrons. The monoisotopic (exact) mass is 1020 g/mol. The molecule has 0 aliphatic carbocycles. The zero-order valence-electron chi connectivity index (χ0n) is 47.5. The first-order chi connectivity index (χ1) is 35.6. The fraction of sp³-hybridized carbons (Fsp3) is 0.703. The van der Waals surface area contributed by atoms with E-state index in [1.165, 1.54) is 103 Å². The molecule has 0 aliphatic rings. The number of unbranched alkanes of at least 4 members (excludes halogenated alkanes) is 22. The maximum atomic E-state index is 12.9. The van der Waals surface area contributed by atoms with Gasteiger partial charge in [0, 0.05) is 12.8 Å². The summed E-state index contributed by atoms with van der Waals surface area (Å²) in [5.74, 6) is -2.04. The number of ether oxygens (including phenoxy) is 4. The quantitative estimate of drug-likeness (QED) is 0.0211. The highest BCUT2D eigenvalue weighted by atomic mass is 16.7. The second kappa shape index (κ2) is 54.5. The first kappa shape index (κ1) is 69.2. The molecule has 73 heavy (non-hydrogen) atoms. The zero-order chi connectivity index (χ0) is 53.4. The summed E-state index contributed by atoms with van der Waals surface area (Å²) >= 11 is 0. The minimum Gasteiger partial charge on any atom is -0.477 e. The maximum Gasteiger partial charge on any atom is 0.361 e. The number of nitrogens with zero attached hydrogens (tertiary/aromatic N) is 1.